The highest BCUT2D eigenvalue weighted by molar-refractivity contribution is 5.77. The van der Waals surface area contributed by atoms with Crippen LogP contribution in [0.3, 0.4) is 0 Å². The largest absolute Gasteiger partial charge is 0.296 e. The summed E-state index contributed by atoms with van der Waals surface area (Å²) in [5.74, 6) is 0.985. The number of hydrogen-bond acceptors (Lipinski definition) is 2. The second kappa shape index (κ2) is 3.70. The van der Waals surface area contributed by atoms with Crippen molar-refractivity contribution in [3.05, 3.63) is 54.1 Å². The summed E-state index contributed by atoms with van der Waals surface area (Å²) in [6, 6.07) is 10.4. The standard InChI is InChI=1S/C14H13N3/c1-10-4-3-5-12(8-10)17-11(2)16-13-9-15-7-6-14(13)17/h3-9H,1-2H3. The number of hydrogen-bond donors (Lipinski definition) is 0. The van der Waals surface area contributed by atoms with E-state index in [0.717, 1.165) is 22.5 Å². The molecule has 0 fully saturated rings. The predicted octanol–water partition coefficient (Wildman–Crippen LogP) is 3.04. The predicted molar refractivity (Wildman–Crippen MR) is 68.3 cm³/mol. The third kappa shape index (κ3) is 1.60. The topological polar surface area (TPSA) is 30.7 Å². The molecule has 0 unspecified atom stereocenters. The zero-order valence-corrected chi connectivity index (χ0v) is 9.88. The zero-order valence-electron chi connectivity index (χ0n) is 9.88. The summed E-state index contributed by atoms with van der Waals surface area (Å²) >= 11 is 0. The van der Waals surface area contributed by atoms with Gasteiger partial charge < -0.3 is 0 Å². The highest BCUT2D eigenvalue weighted by atomic mass is 15.1. The molecule has 3 rings (SSSR count). The Labute approximate surface area is 99.8 Å². The van der Waals surface area contributed by atoms with E-state index in [9.17, 15) is 0 Å². The van der Waals surface area contributed by atoms with Crippen LogP contribution in [0, 0.1) is 13.8 Å². The van der Waals surface area contributed by atoms with E-state index in [1.54, 1.807) is 12.4 Å². The van der Waals surface area contributed by atoms with Gasteiger partial charge in [0.1, 0.15) is 11.3 Å². The molecule has 1 aromatic carbocycles. The molecule has 0 N–H and O–H groups in total. The normalized spacial score (nSPS) is 10.9. The van der Waals surface area contributed by atoms with Crippen LogP contribution in [0.1, 0.15) is 11.4 Å². The van der Waals surface area contributed by atoms with Crippen molar-refractivity contribution in [1.82, 2.24) is 14.5 Å². The van der Waals surface area contributed by atoms with E-state index >= 15 is 0 Å². The van der Waals surface area contributed by atoms with Crippen LogP contribution in [0.2, 0.25) is 0 Å². The molecule has 0 atom stereocenters. The lowest BCUT2D eigenvalue weighted by Crippen LogP contribution is -1.96. The van der Waals surface area contributed by atoms with Crippen molar-refractivity contribution in [3.63, 3.8) is 0 Å². The summed E-state index contributed by atoms with van der Waals surface area (Å²) in [6.45, 7) is 4.11. The first kappa shape index (κ1) is 10.0. The van der Waals surface area contributed by atoms with E-state index in [1.165, 1.54) is 5.56 Å². The first-order valence-electron chi connectivity index (χ1n) is 5.62. The van der Waals surface area contributed by atoms with Crippen molar-refractivity contribution in [3.8, 4) is 5.69 Å². The third-order valence-corrected chi connectivity index (χ3v) is 2.88. The van der Waals surface area contributed by atoms with Crippen LogP contribution in [0.15, 0.2) is 42.7 Å². The second-order valence-electron chi connectivity index (χ2n) is 4.20. The van der Waals surface area contributed by atoms with E-state index in [4.69, 9.17) is 0 Å². The van der Waals surface area contributed by atoms with Gasteiger partial charge in [-0.1, -0.05) is 12.1 Å². The van der Waals surface area contributed by atoms with Crippen molar-refractivity contribution >= 4 is 11.0 Å². The minimum Gasteiger partial charge on any atom is -0.296 e. The molecule has 0 amide bonds. The van der Waals surface area contributed by atoms with Gasteiger partial charge in [0.05, 0.1) is 11.7 Å². The van der Waals surface area contributed by atoms with E-state index in [0.29, 0.717) is 0 Å². The number of fused-ring (bicyclic) bond motifs is 1. The highest BCUT2D eigenvalue weighted by Gasteiger charge is 2.08. The molecule has 84 valence electrons. The van der Waals surface area contributed by atoms with Gasteiger partial charge in [0.2, 0.25) is 0 Å². The van der Waals surface area contributed by atoms with E-state index in [-0.39, 0.29) is 0 Å². The lowest BCUT2D eigenvalue weighted by atomic mass is 10.2. The molecule has 3 nitrogen and oxygen atoms in total. The van der Waals surface area contributed by atoms with Crippen molar-refractivity contribution in [2.45, 2.75) is 13.8 Å². The Bertz CT molecular complexity index is 683. The van der Waals surface area contributed by atoms with Crippen molar-refractivity contribution in [2.75, 3.05) is 0 Å². The average molecular weight is 223 g/mol. The van der Waals surface area contributed by atoms with Crippen LogP contribution < -0.4 is 0 Å². The van der Waals surface area contributed by atoms with Gasteiger partial charge in [-0.05, 0) is 37.6 Å². The summed E-state index contributed by atoms with van der Waals surface area (Å²) in [5, 5.41) is 0. The fourth-order valence-electron chi connectivity index (χ4n) is 2.15. The third-order valence-electron chi connectivity index (χ3n) is 2.88. The fourth-order valence-corrected chi connectivity index (χ4v) is 2.15. The SMILES string of the molecule is Cc1cccc(-n2c(C)nc3cnccc32)c1. The summed E-state index contributed by atoms with van der Waals surface area (Å²) in [4.78, 5) is 8.62. The second-order valence-corrected chi connectivity index (χ2v) is 4.20. The van der Waals surface area contributed by atoms with Gasteiger partial charge in [-0.2, -0.15) is 0 Å². The van der Waals surface area contributed by atoms with Gasteiger partial charge in [-0.3, -0.25) is 9.55 Å². The van der Waals surface area contributed by atoms with E-state index in [2.05, 4.69) is 45.7 Å². The number of imidazole rings is 1. The summed E-state index contributed by atoms with van der Waals surface area (Å²) in [6.07, 6.45) is 3.60. The fraction of sp³-hybridized carbons (Fsp3) is 0.143. The van der Waals surface area contributed by atoms with Gasteiger partial charge >= 0.3 is 0 Å². The van der Waals surface area contributed by atoms with Crippen molar-refractivity contribution in [1.29, 1.82) is 0 Å². The Morgan fingerprint density at radius 3 is 2.82 bits per heavy atom. The number of aryl methyl sites for hydroxylation is 2. The molecule has 3 aromatic rings. The van der Waals surface area contributed by atoms with Gasteiger partial charge in [0.15, 0.2) is 0 Å². The molecule has 0 saturated carbocycles. The Morgan fingerprint density at radius 2 is 2.00 bits per heavy atom. The molecule has 17 heavy (non-hydrogen) atoms. The highest BCUT2D eigenvalue weighted by Crippen LogP contribution is 2.20. The molecule has 2 heterocycles. The molecule has 0 saturated heterocycles. The van der Waals surface area contributed by atoms with Gasteiger partial charge in [0.25, 0.3) is 0 Å². The Kier molecular flexibility index (Phi) is 2.18. The minimum absolute atomic E-state index is 0.937. The summed E-state index contributed by atoms with van der Waals surface area (Å²) in [5.41, 5.74) is 4.43. The maximum absolute atomic E-state index is 4.52. The molecule has 0 aliphatic heterocycles. The summed E-state index contributed by atoms with van der Waals surface area (Å²) < 4.78 is 2.16. The first-order valence-corrected chi connectivity index (χ1v) is 5.62. The molecule has 3 heteroatoms. The van der Waals surface area contributed by atoms with Crippen molar-refractivity contribution < 1.29 is 0 Å². The lowest BCUT2D eigenvalue weighted by molar-refractivity contribution is 0.999. The smallest absolute Gasteiger partial charge is 0.111 e. The molecule has 2 aromatic heterocycles. The monoisotopic (exact) mass is 223 g/mol. The molecular formula is C14H13N3. The van der Waals surface area contributed by atoms with Crippen LogP contribution >= 0.6 is 0 Å². The number of aromatic nitrogens is 3. The molecule has 0 spiro atoms. The molecule has 0 radical (unpaired) electrons. The van der Waals surface area contributed by atoms with Crippen LogP contribution in [-0.4, -0.2) is 14.5 Å². The van der Waals surface area contributed by atoms with E-state index in [1.807, 2.05) is 13.0 Å². The first-order chi connectivity index (χ1) is 8.25. The Morgan fingerprint density at radius 1 is 1.12 bits per heavy atom. The van der Waals surface area contributed by atoms with Crippen molar-refractivity contribution in [2.24, 2.45) is 0 Å². The van der Waals surface area contributed by atoms with E-state index < -0.39 is 0 Å². The number of nitrogens with zero attached hydrogens (tertiary/aromatic N) is 3. The van der Waals surface area contributed by atoms with Gasteiger partial charge in [-0.25, -0.2) is 4.98 Å². The number of rotatable bonds is 1. The van der Waals surface area contributed by atoms with Gasteiger partial charge in [0, 0.05) is 11.9 Å². The van der Waals surface area contributed by atoms with Gasteiger partial charge in [-0.15, -0.1) is 0 Å². The lowest BCUT2D eigenvalue weighted by Gasteiger charge is -2.07. The van der Waals surface area contributed by atoms with Crippen LogP contribution in [-0.2, 0) is 0 Å². The number of pyridine rings is 1. The van der Waals surface area contributed by atoms with Crippen LogP contribution in [0.25, 0.3) is 16.7 Å². The Hall–Kier alpha value is -2.16. The average Bonchev–Trinajstić information content (AvgIpc) is 2.64. The zero-order chi connectivity index (χ0) is 11.8. The molecule has 0 aliphatic carbocycles. The maximum atomic E-state index is 4.52. The molecule has 0 bridgehead atoms. The minimum atomic E-state index is 0.937. The quantitative estimate of drug-likeness (QED) is 0.634. The summed E-state index contributed by atoms with van der Waals surface area (Å²) in [7, 11) is 0. The molecule has 0 aliphatic rings. The molecular weight excluding hydrogens is 210 g/mol. The number of benzene rings is 1. The maximum Gasteiger partial charge on any atom is 0.111 e. The van der Waals surface area contributed by atoms with Crippen LogP contribution in [0.4, 0.5) is 0 Å². The Balaban J connectivity index is 2.33. The van der Waals surface area contributed by atoms with Crippen LogP contribution in [0.5, 0.6) is 0 Å².